The Morgan fingerprint density at radius 3 is 2.67 bits per heavy atom. The maximum atomic E-state index is 11.9. The van der Waals surface area contributed by atoms with Crippen LogP contribution in [0.2, 0.25) is 0 Å². The van der Waals surface area contributed by atoms with Crippen molar-refractivity contribution in [1.82, 2.24) is 5.32 Å². The SMILES string of the molecule is O=C1NCCCCCC=C1C1CCCC1. The Balaban J connectivity index is 2.05. The highest BCUT2D eigenvalue weighted by atomic mass is 16.1. The first-order valence-corrected chi connectivity index (χ1v) is 6.36. The minimum absolute atomic E-state index is 0.212. The molecule has 0 bridgehead atoms. The van der Waals surface area contributed by atoms with Crippen LogP contribution in [0.1, 0.15) is 51.4 Å². The molecule has 0 spiro atoms. The summed E-state index contributed by atoms with van der Waals surface area (Å²) in [4.78, 5) is 11.9. The summed E-state index contributed by atoms with van der Waals surface area (Å²) >= 11 is 0. The van der Waals surface area contributed by atoms with Crippen molar-refractivity contribution in [1.29, 1.82) is 0 Å². The van der Waals surface area contributed by atoms with Crippen LogP contribution in [0, 0.1) is 5.92 Å². The number of carbonyl (C=O) groups is 1. The van der Waals surface area contributed by atoms with Crippen molar-refractivity contribution >= 4 is 5.91 Å². The van der Waals surface area contributed by atoms with Crippen LogP contribution in [-0.2, 0) is 4.79 Å². The normalized spacial score (nSPS) is 25.1. The van der Waals surface area contributed by atoms with Gasteiger partial charge in [0.25, 0.3) is 0 Å². The largest absolute Gasteiger partial charge is 0.352 e. The quantitative estimate of drug-likeness (QED) is 0.704. The Hall–Kier alpha value is -0.790. The van der Waals surface area contributed by atoms with Gasteiger partial charge >= 0.3 is 0 Å². The summed E-state index contributed by atoms with van der Waals surface area (Å²) in [6.45, 7) is 0.864. The monoisotopic (exact) mass is 207 g/mol. The molecule has 1 aliphatic carbocycles. The minimum Gasteiger partial charge on any atom is -0.352 e. The van der Waals surface area contributed by atoms with E-state index < -0.39 is 0 Å². The minimum atomic E-state index is 0.212. The van der Waals surface area contributed by atoms with E-state index in [9.17, 15) is 4.79 Å². The molecule has 1 fully saturated rings. The Labute approximate surface area is 92.1 Å². The molecule has 0 aromatic rings. The molecule has 2 heteroatoms. The molecule has 1 aliphatic heterocycles. The van der Waals surface area contributed by atoms with E-state index in [1.165, 1.54) is 38.5 Å². The summed E-state index contributed by atoms with van der Waals surface area (Å²) in [7, 11) is 0. The Morgan fingerprint density at radius 1 is 1.07 bits per heavy atom. The number of rotatable bonds is 1. The average molecular weight is 207 g/mol. The lowest BCUT2D eigenvalue weighted by molar-refractivity contribution is -0.118. The van der Waals surface area contributed by atoms with Gasteiger partial charge in [-0.05, 0) is 38.0 Å². The fraction of sp³-hybridized carbons (Fsp3) is 0.769. The third kappa shape index (κ3) is 2.83. The highest BCUT2D eigenvalue weighted by Crippen LogP contribution is 2.31. The smallest absolute Gasteiger partial charge is 0.247 e. The fourth-order valence-corrected chi connectivity index (χ4v) is 2.69. The standard InChI is InChI=1S/C13H21NO/c15-13-12(11-7-4-5-8-11)9-3-1-2-6-10-14-13/h9,11H,1-8,10H2,(H,14,15). The van der Waals surface area contributed by atoms with E-state index in [2.05, 4.69) is 11.4 Å². The first-order valence-electron chi connectivity index (χ1n) is 6.36. The molecule has 15 heavy (non-hydrogen) atoms. The second-order valence-corrected chi connectivity index (χ2v) is 4.75. The van der Waals surface area contributed by atoms with Crippen molar-refractivity contribution in [2.75, 3.05) is 6.54 Å². The molecule has 2 aliphatic rings. The molecular formula is C13H21NO. The van der Waals surface area contributed by atoms with Crippen molar-refractivity contribution in [3.8, 4) is 0 Å². The van der Waals surface area contributed by atoms with Gasteiger partial charge in [0.05, 0.1) is 0 Å². The van der Waals surface area contributed by atoms with E-state index in [-0.39, 0.29) is 5.91 Å². The average Bonchev–Trinajstić information content (AvgIpc) is 2.75. The molecule has 2 rings (SSSR count). The third-order valence-electron chi connectivity index (χ3n) is 3.59. The van der Waals surface area contributed by atoms with E-state index in [1.807, 2.05) is 0 Å². The molecular weight excluding hydrogens is 186 g/mol. The Bertz CT molecular complexity index is 251. The second kappa shape index (κ2) is 5.34. The highest BCUT2D eigenvalue weighted by Gasteiger charge is 2.24. The zero-order chi connectivity index (χ0) is 10.5. The molecule has 0 atom stereocenters. The molecule has 84 valence electrons. The lowest BCUT2D eigenvalue weighted by Gasteiger charge is -2.13. The maximum absolute atomic E-state index is 11.9. The summed E-state index contributed by atoms with van der Waals surface area (Å²) in [6, 6.07) is 0. The van der Waals surface area contributed by atoms with Crippen molar-refractivity contribution in [2.45, 2.75) is 51.4 Å². The molecule has 0 aromatic carbocycles. The zero-order valence-electron chi connectivity index (χ0n) is 9.43. The maximum Gasteiger partial charge on any atom is 0.247 e. The lowest BCUT2D eigenvalue weighted by Crippen LogP contribution is -2.28. The summed E-state index contributed by atoms with van der Waals surface area (Å²) in [5, 5.41) is 3.04. The lowest BCUT2D eigenvalue weighted by atomic mass is 9.95. The molecule has 0 saturated heterocycles. The van der Waals surface area contributed by atoms with Gasteiger partial charge < -0.3 is 5.32 Å². The topological polar surface area (TPSA) is 29.1 Å². The van der Waals surface area contributed by atoms with E-state index in [1.54, 1.807) is 0 Å². The number of hydrogen-bond donors (Lipinski definition) is 1. The van der Waals surface area contributed by atoms with Gasteiger partial charge in [-0.25, -0.2) is 0 Å². The Morgan fingerprint density at radius 2 is 1.87 bits per heavy atom. The molecule has 1 N–H and O–H groups in total. The summed E-state index contributed by atoms with van der Waals surface area (Å²) in [6.07, 6.45) is 12.0. The van der Waals surface area contributed by atoms with E-state index >= 15 is 0 Å². The fourth-order valence-electron chi connectivity index (χ4n) is 2.69. The van der Waals surface area contributed by atoms with Crippen LogP contribution in [0.25, 0.3) is 0 Å². The number of amides is 1. The first kappa shape index (κ1) is 10.7. The molecule has 0 aromatic heterocycles. The van der Waals surface area contributed by atoms with E-state index in [0.717, 1.165) is 25.0 Å². The Kier molecular flexibility index (Phi) is 3.81. The van der Waals surface area contributed by atoms with Crippen molar-refractivity contribution in [3.05, 3.63) is 11.6 Å². The van der Waals surface area contributed by atoms with Crippen LogP contribution in [0.4, 0.5) is 0 Å². The predicted molar refractivity (Wildman–Crippen MR) is 61.5 cm³/mol. The number of nitrogens with one attached hydrogen (secondary N) is 1. The van der Waals surface area contributed by atoms with Gasteiger partial charge in [-0.3, -0.25) is 4.79 Å². The van der Waals surface area contributed by atoms with Crippen LogP contribution in [0.15, 0.2) is 11.6 Å². The zero-order valence-corrected chi connectivity index (χ0v) is 9.43. The summed E-state index contributed by atoms with van der Waals surface area (Å²) in [5.74, 6) is 0.770. The van der Waals surface area contributed by atoms with Crippen molar-refractivity contribution in [2.24, 2.45) is 5.92 Å². The van der Waals surface area contributed by atoms with Crippen LogP contribution in [0.3, 0.4) is 0 Å². The number of hydrogen-bond acceptors (Lipinski definition) is 1. The highest BCUT2D eigenvalue weighted by molar-refractivity contribution is 5.93. The first-order chi connectivity index (χ1) is 7.38. The van der Waals surface area contributed by atoms with E-state index in [0.29, 0.717) is 5.92 Å². The van der Waals surface area contributed by atoms with Gasteiger partial charge in [-0.2, -0.15) is 0 Å². The molecule has 1 amide bonds. The van der Waals surface area contributed by atoms with E-state index in [4.69, 9.17) is 0 Å². The molecule has 0 unspecified atom stereocenters. The molecule has 2 nitrogen and oxygen atoms in total. The van der Waals surface area contributed by atoms with Crippen LogP contribution in [-0.4, -0.2) is 12.5 Å². The number of carbonyl (C=O) groups excluding carboxylic acids is 1. The predicted octanol–water partition coefficient (Wildman–Crippen LogP) is 2.79. The van der Waals surface area contributed by atoms with Crippen molar-refractivity contribution in [3.63, 3.8) is 0 Å². The van der Waals surface area contributed by atoms with Gasteiger partial charge in [-0.1, -0.05) is 25.3 Å². The van der Waals surface area contributed by atoms with Gasteiger partial charge in [-0.15, -0.1) is 0 Å². The van der Waals surface area contributed by atoms with Gasteiger partial charge in [0.1, 0.15) is 0 Å². The van der Waals surface area contributed by atoms with Gasteiger partial charge in [0.15, 0.2) is 0 Å². The van der Waals surface area contributed by atoms with Crippen molar-refractivity contribution < 1.29 is 4.79 Å². The third-order valence-corrected chi connectivity index (χ3v) is 3.59. The summed E-state index contributed by atoms with van der Waals surface area (Å²) < 4.78 is 0. The van der Waals surface area contributed by atoms with Gasteiger partial charge in [0, 0.05) is 12.1 Å². The molecule has 1 saturated carbocycles. The molecule has 1 heterocycles. The molecule has 0 radical (unpaired) electrons. The number of allylic oxidation sites excluding steroid dienone is 1. The van der Waals surface area contributed by atoms with Crippen LogP contribution >= 0.6 is 0 Å². The summed E-state index contributed by atoms with van der Waals surface area (Å²) in [5.41, 5.74) is 1.09. The van der Waals surface area contributed by atoms with Crippen LogP contribution < -0.4 is 5.32 Å². The van der Waals surface area contributed by atoms with Gasteiger partial charge in [0.2, 0.25) is 5.91 Å². The van der Waals surface area contributed by atoms with Crippen LogP contribution in [0.5, 0.6) is 0 Å². The second-order valence-electron chi connectivity index (χ2n) is 4.75.